The maximum atomic E-state index is 13.2. The third-order valence-electron chi connectivity index (χ3n) is 5.39. The van der Waals surface area contributed by atoms with Gasteiger partial charge in [-0.1, -0.05) is 58.6 Å². The molecule has 1 aliphatic heterocycles. The molecule has 1 heterocycles. The molecule has 0 aromatic rings. The Hall–Kier alpha value is -3.91. The topological polar surface area (TPSA) is 81.2 Å². The highest BCUT2D eigenvalue weighted by molar-refractivity contribution is 5.93. The van der Waals surface area contributed by atoms with E-state index in [0.717, 1.165) is 30.0 Å². The van der Waals surface area contributed by atoms with Crippen molar-refractivity contribution in [3.8, 4) is 0 Å². The summed E-state index contributed by atoms with van der Waals surface area (Å²) in [7, 11) is 5.17. The van der Waals surface area contributed by atoms with Crippen LogP contribution in [0.2, 0.25) is 0 Å². The molecular weight excluding hydrogens is 569 g/mol. The molecule has 0 aromatic carbocycles. The summed E-state index contributed by atoms with van der Waals surface area (Å²) in [5.74, 6) is 1.43. The number of amides is 1. The first-order valence-electron chi connectivity index (χ1n) is 15.5. The summed E-state index contributed by atoms with van der Waals surface area (Å²) in [6.45, 7) is 21.2. The molecule has 2 N–H and O–H groups in total. The number of allylic oxidation sites excluding steroid dienone is 9. The maximum absolute atomic E-state index is 13.2. The number of aliphatic imine (C=N–C) groups is 1. The van der Waals surface area contributed by atoms with E-state index in [4.69, 9.17) is 14.2 Å². The first-order chi connectivity index (χ1) is 21.6. The lowest BCUT2D eigenvalue weighted by Gasteiger charge is -2.12. The Kier molecular flexibility index (Phi) is 31.9. The number of hydrogen-bond acceptors (Lipinski definition) is 6. The van der Waals surface area contributed by atoms with Gasteiger partial charge in [-0.15, -0.1) is 0 Å². The zero-order valence-electron chi connectivity index (χ0n) is 29.9. The van der Waals surface area contributed by atoms with Crippen LogP contribution in [-0.4, -0.2) is 45.5 Å². The molecule has 1 aliphatic rings. The number of carbonyl (C=O) groups excluding carboxylic acids is 1. The standard InChI is InChI=1S/C23H31FN2O4.C10H17N.2C2H6/c1-16-12-21(28-5)15-22(29-6)14-18(3)25-10-9-23(16)30-11-7-8-20(13-17(2)24)26-19(4)27;1-4-6-10(7-5-2)8-9-11-3;2*1-2/h7,9-14,20H,8,15H2,1-6H3,(H,26,27);4-7,11H,1,8-9H2,2-3H3;2*1-2H3/b10-9-,11-7+,17-13+,21-12+,22-14+,23-16-,25-18+;7-5-,10-6+;;. The van der Waals surface area contributed by atoms with Crippen molar-refractivity contribution >= 4 is 11.6 Å². The van der Waals surface area contributed by atoms with Crippen LogP contribution in [0, 0.1) is 0 Å². The fraction of sp³-hybridized carbons (Fsp3) is 0.459. The van der Waals surface area contributed by atoms with Crippen LogP contribution in [0.25, 0.3) is 0 Å². The second-order valence-corrected chi connectivity index (χ2v) is 9.06. The lowest BCUT2D eigenvalue weighted by molar-refractivity contribution is -0.119. The lowest BCUT2D eigenvalue weighted by Crippen LogP contribution is -2.31. The highest BCUT2D eigenvalue weighted by atomic mass is 19.1. The van der Waals surface area contributed by atoms with E-state index < -0.39 is 6.04 Å². The summed E-state index contributed by atoms with van der Waals surface area (Å²) in [6, 6.07) is -0.448. The smallest absolute Gasteiger partial charge is 0.217 e. The molecule has 1 atom stereocenters. The van der Waals surface area contributed by atoms with Crippen molar-refractivity contribution in [2.75, 3.05) is 27.8 Å². The minimum Gasteiger partial charge on any atom is -0.501 e. The molecule has 0 radical (unpaired) electrons. The molecule has 0 saturated heterocycles. The van der Waals surface area contributed by atoms with E-state index in [2.05, 4.69) is 28.3 Å². The zero-order chi connectivity index (χ0) is 35.0. The van der Waals surface area contributed by atoms with Crippen molar-refractivity contribution in [2.24, 2.45) is 4.99 Å². The van der Waals surface area contributed by atoms with Gasteiger partial charge in [0.05, 0.1) is 38.8 Å². The van der Waals surface area contributed by atoms with Gasteiger partial charge in [0.25, 0.3) is 0 Å². The van der Waals surface area contributed by atoms with E-state index in [-0.39, 0.29) is 11.7 Å². The van der Waals surface area contributed by atoms with E-state index in [9.17, 15) is 9.18 Å². The average molecular weight is 630 g/mol. The van der Waals surface area contributed by atoms with Crippen LogP contribution in [0.4, 0.5) is 4.39 Å². The molecule has 0 spiro atoms. The Labute approximate surface area is 273 Å². The van der Waals surface area contributed by atoms with Gasteiger partial charge in [0.15, 0.2) is 0 Å². The van der Waals surface area contributed by atoms with Gasteiger partial charge in [0.2, 0.25) is 5.91 Å². The maximum Gasteiger partial charge on any atom is 0.217 e. The number of nitrogens with one attached hydrogen (secondary N) is 2. The molecule has 1 amide bonds. The molecule has 0 bridgehead atoms. The van der Waals surface area contributed by atoms with Crippen LogP contribution in [0.3, 0.4) is 0 Å². The van der Waals surface area contributed by atoms with Crippen molar-refractivity contribution in [1.82, 2.24) is 10.6 Å². The molecule has 7 nitrogen and oxygen atoms in total. The molecule has 1 unspecified atom stereocenters. The Morgan fingerprint density at radius 1 is 1.11 bits per heavy atom. The zero-order valence-corrected chi connectivity index (χ0v) is 29.9. The third-order valence-corrected chi connectivity index (χ3v) is 5.39. The normalized spacial score (nSPS) is 20.3. The quantitative estimate of drug-likeness (QED) is 0.157. The van der Waals surface area contributed by atoms with E-state index in [0.29, 0.717) is 24.4 Å². The molecular formula is C37H60FN3O4. The van der Waals surface area contributed by atoms with Crippen LogP contribution in [-0.2, 0) is 19.0 Å². The lowest BCUT2D eigenvalue weighted by atomic mass is 10.1. The summed E-state index contributed by atoms with van der Waals surface area (Å²) in [5.41, 5.74) is 2.92. The fourth-order valence-corrected chi connectivity index (χ4v) is 3.49. The predicted molar refractivity (Wildman–Crippen MR) is 191 cm³/mol. The van der Waals surface area contributed by atoms with E-state index in [1.807, 2.05) is 85.9 Å². The summed E-state index contributed by atoms with van der Waals surface area (Å²) in [6.07, 6.45) is 21.6. The largest absolute Gasteiger partial charge is 0.501 e. The van der Waals surface area contributed by atoms with Gasteiger partial charge in [-0.3, -0.25) is 9.79 Å². The minimum atomic E-state index is -0.448. The molecule has 0 aliphatic carbocycles. The number of ether oxygens (including phenoxy) is 3. The van der Waals surface area contributed by atoms with Crippen LogP contribution in [0.15, 0.2) is 113 Å². The monoisotopic (exact) mass is 629 g/mol. The fourth-order valence-electron chi connectivity index (χ4n) is 3.49. The van der Waals surface area contributed by atoms with E-state index in [1.165, 1.54) is 31.8 Å². The van der Waals surface area contributed by atoms with Crippen molar-refractivity contribution in [3.63, 3.8) is 0 Å². The number of halogens is 1. The van der Waals surface area contributed by atoms with E-state index in [1.54, 1.807) is 32.6 Å². The van der Waals surface area contributed by atoms with Gasteiger partial charge >= 0.3 is 0 Å². The summed E-state index contributed by atoms with van der Waals surface area (Å²) < 4.78 is 29.8. The average Bonchev–Trinajstić information content (AvgIpc) is 3.04. The third kappa shape index (κ3) is 26.2. The number of hydrogen-bond donors (Lipinski definition) is 2. The second kappa shape index (κ2) is 31.5. The second-order valence-electron chi connectivity index (χ2n) is 9.06. The molecule has 45 heavy (non-hydrogen) atoms. The number of carbonyl (C=O) groups is 1. The van der Waals surface area contributed by atoms with Gasteiger partial charge in [-0.2, -0.15) is 0 Å². The van der Waals surface area contributed by atoms with Crippen LogP contribution in [0.5, 0.6) is 0 Å². The van der Waals surface area contributed by atoms with Gasteiger partial charge < -0.3 is 24.8 Å². The Morgan fingerprint density at radius 2 is 1.73 bits per heavy atom. The minimum absolute atomic E-state index is 0.230. The number of nitrogens with zero attached hydrogens (tertiary/aromatic N) is 1. The molecule has 1 rings (SSSR count). The van der Waals surface area contributed by atoms with Gasteiger partial charge in [0.1, 0.15) is 17.3 Å². The predicted octanol–water partition coefficient (Wildman–Crippen LogP) is 9.33. The van der Waals surface area contributed by atoms with Crippen molar-refractivity contribution < 1.29 is 23.4 Å². The van der Waals surface area contributed by atoms with Crippen LogP contribution < -0.4 is 10.6 Å². The Morgan fingerprint density at radius 3 is 2.24 bits per heavy atom. The molecule has 8 heteroatoms. The molecule has 0 saturated carbocycles. The SMILES string of the molecule is C=C/C=C(\C=C/C)CCNC.CC.CC.CO/C1=C/C(C)=C(O/C=C/CC(/C=C(\C)F)NC(C)=O)/C=C\N=C(C)\C=C(\OC)C1. The summed E-state index contributed by atoms with van der Waals surface area (Å²) >= 11 is 0. The first kappa shape index (κ1) is 45.5. The summed E-state index contributed by atoms with van der Waals surface area (Å²) in [5, 5.41) is 5.78. The highest BCUT2D eigenvalue weighted by Crippen LogP contribution is 2.19. The number of methoxy groups -OCH3 is 2. The van der Waals surface area contributed by atoms with Gasteiger partial charge in [-0.25, -0.2) is 4.39 Å². The van der Waals surface area contributed by atoms with Crippen molar-refractivity contribution in [1.29, 1.82) is 0 Å². The molecule has 0 fully saturated rings. The molecule has 254 valence electrons. The van der Waals surface area contributed by atoms with Gasteiger partial charge in [-0.05, 0) is 95.7 Å². The number of rotatable bonds is 13. The van der Waals surface area contributed by atoms with Gasteiger partial charge in [0, 0.05) is 18.8 Å². The summed E-state index contributed by atoms with van der Waals surface area (Å²) in [4.78, 5) is 15.6. The Bertz CT molecular complexity index is 1100. The van der Waals surface area contributed by atoms with Crippen LogP contribution >= 0.6 is 0 Å². The van der Waals surface area contributed by atoms with Crippen molar-refractivity contribution in [3.05, 3.63) is 108 Å². The Balaban J connectivity index is -0.000000983. The molecule has 0 aromatic heterocycles. The highest BCUT2D eigenvalue weighted by Gasteiger charge is 2.08. The van der Waals surface area contributed by atoms with Crippen LogP contribution in [0.1, 0.15) is 81.6 Å². The van der Waals surface area contributed by atoms with E-state index >= 15 is 0 Å². The van der Waals surface area contributed by atoms with Crippen molar-refractivity contribution in [2.45, 2.75) is 87.6 Å². The first-order valence-corrected chi connectivity index (χ1v) is 15.5.